The van der Waals surface area contributed by atoms with Crippen LogP contribution in [0.3, 0.4) is 0 Å². The van der Waals surface area contributed by atoms with Gasteiger partial charge in [-0.25, -0.2) is 4.98 Å². The lowest BCUT2D eigenvalue weighted by Gasteiger charge is -2.29. The Labute approximate surface area is 152 Å². The van der Waals surface area contributed by atoms with Crippen LogP contribution in [0.2, 0.25) is 0 Å². The molecule has 3 rings (SSSR count). The van der Waals surface area contributed by atoms with E-state index in [0.717, 1.165) is 17.0 Å². The maximum absolute atomic E-state index is 12.5. The zero-order chi connectivity index (χ0) is 17.8. The molecule has 1 amide bonds. The molecule has 1 aliphatic rings. The third-order valence-electron chi connectivity index (χ3n) is 4.80. The van der Waals surface area contributed by atoms with Crippen molar-refractivity contribution in [3.63, 3.8) is 0 Å². The second kappa shape index (κ2) is 7.87. The van der Waals surface area contributed by atoms with Gasteiger partial charge < -0.3 is 14.8 Å². The van der Waals surface area contributed by atoms with Crippen molar-refractivity contribution in [2.24, 2.45) is 5.92 Å². The van der Waals surface area contributed by atoms with Gasteiger partial charge in [-0.1, -0.05) is 19.8 Å². The quantitative estimate of drug-likeness (QED) is 0.871. The summed E-state index contributed by atoms with van der Waals surface area (Å²) in [6, 6.07) is 5.90. The van der Waals surface area contributed by atoms with Gasteiger partial charge in [0, 0.05) is 17.0 Å². The monoisotopic (exact) mass is 360 g/mol. The molecule has 134 valence electrons. The van der Waals surface area contributed by atoms with Gasteiger partial charge in [0.15, 0.2) is 11.5 Å². The Bertz CT molecular complexity index is 744. The Morgan fingerprint density at radius 1 is 1.20 bits per heavy atom. The Morgan fingerprint density at radius 3 is 2.68 bits per heavy atom. The molecule has 5 nitrogen and oxygen atoms in total. The van der Waals surface area contributed by atoms with E-state index in [1.165, 1.54) is 30.6 Å². The van der Waals surface area contributed by atoms with Crippen molar-refractivity contribution in [3.05, 3.63) is 29.3 Å². The molecule has 6 heteroatoms. The first-order chi connectivity index (χ1) is 12.1. The first-order valence-electron chi connectivity index (χ1n) is 8.61. The van der Waals surface area contributed by atoms with Crippen molar-refractivity contribution in [1.29, 1.82) is 0 Å². The number of methoxy groups -OCH3 is 2. The molecule has 0 spiro atoms. The Balaban J connectivity index is 1.74. The molecule has 0 unspecified atom stereocenters. The van der Waals surface area contributed by atoms with E-state index in [2.05, 4.69) is 17.2 Å². The van der Waals surface area contributed by atoms with E-state index in [0.29, 0.717) is 23.1 Å². The van der Waals surface area contributed by atoms with Gasteiger partial charge in [-0.2, -0.15) is 0 Å². The Kier molecular flexibility index (Phi) is 5.58. The summed E-state index contributed by atoms with van der Waals surface area (Å²) in [6.45, 7) is 2.21. The number of thiazole rings is 1. The highest BCUT2D eigenvalue weighted by Gasteiger charge is 2.24. The lowest BCUT2D eigenvalue weighted by Crippen LogP contribution is -2.41. The van der Waals surface area contributed by atoms with Gasteiger partial charge >= 0.3 is 0 Å². The summed E-state index contributed by atoms with van der Waals surface area (Å²) in [5, 5.41) is 5.76. The summed E-state index contributed by atoms with van der Waals surface area (Å²) in [5.41, 5.74) is 1.39. The van der Waals surface area contributed by atoms with E-state index >= 15 is 0 Å². The van der Waals surface area contributed by atoms with E-state index in [-0.39, 0.29) is 11.9 Å². The number of benzene rings is 1. The number of rotatable bonds is 5. The molecule has 1 aromatic heterocycles. The van der Waals surface area contributed by atoms with Crippen LogP contribution >= 0.6 is 11.3 Å². The molecular weight excluding hydrogens is 336 g/mol. The molecule has 1 N–H and O–H groups in total. The van der Waals surface area contributed by atoms with E-state index in [9.17, 15) is 4.79 Å². The molecule has 1 fully saturated rings. The highest BCUT2D eigenvalue weighted by atomic mass is 32.1. The van der Waals surface area contributed by atoms with Crippen LogP contribution in [0.5, 0.6) is 11.5 Å². The standard InChI is InChI=1S/C19H24N2O3S/c1-12-6-4-5-7-14(12)20-18(22)15-11-25-19(21-15)13-8-9-16(23-2)17(10-13)24-3/h8-12,14H,4-7H2,1-3H3,(H,20,22)/t12-,14-/m0/s1. The number of ether oxygens (including phenoxy) is 2. The predicted octanol–water partition coefficient (Wildman–Crippen LogP) is 4.14. The predicted molar refractivity (Wildman–Crippen MR) is 99.5 cm³/mol. The second-order valence-corrected chi connectivity index (χ2v) is 7.31. The van der Waals surface area contributed by atoms with Crippen molar-refractivity contribution < 1.29 is 14.3 Å². The fourth-order valence-corrected chi connectivity index (χ4v) is 4.05. The summed E-state index contributed by atoms with van der Waals surface area (Å²) < 4.78 is 10.6. The normalized spacial score (nSPS) is 20.1. The summed E-state index contributed by atoms with van der Waals surface area (Å²) >= 11 is 1.46. The summed E-state index contributed by atoms with van der Waals surface area (Å²) in [4.78, 5) is 17.0. The van der Waals surface area contributed by atoms with Gasteiger partial charge in [-0.3, -0.25) is 4.79 Å². The van der Waals surface area contributed by atoms with Crippen LogP contribution in [0.4, 0.5) is 0 Å². The van der Waals surface area contributed by atoms with Gasteiger partial charge in [-0.15, -0.1) is 11.3 Å². The SMILES string of the molecule is COc1ccc(-c2nc(C(=O)N[C@H]3CCCC[C@@H]3C)cs2)cc1OC. The van der Waals surface area contributed by atoms with E-state index in [1.54, 1.807) is 14.2 Å². The molecule has 0 aliphatic heterocycles. The second-order valence-electron chi connectivity index (χ2n) is 6.45. The first-order valence-corrected chi connectivity index (χ1v) is 9.49. The van der Waals surface area contributed by atoms with Gasteiger partial charge in [0.2, 0.25) is 0 Å². The van der Waals surface area contributed by atoms with Gasteiger partial charge in [0.25, 0.3) is 5.91 Å². The fraction of sp³-hybridized carbons (Fsp3) is 0.474. The van der Waals surface area contributed by atoms with Crippen LogP contribution in [-0.4, -0.2) is 31.2 Å². The number of nitrogens with zero attached hydrogens (tertiary/aromatic N) is 1. The molecular formula is C19H24N2O3S. The van der Waals surface area contributed by atoms with E-state index < -0.39 is 0 Å². The average molecular weight is 360 g/mol. The maximum Gasteiger partial charge on any atom is 0.271 e. The largest absolute Gasteiger partial charge is 0.493 e. The highest BCUT2D eigenvalue weighted by molar-refractivity contribution is 7.13. The van der Waals surface area contributed by atoms with Crippen molar-refractivity contribution in [2.75, 3.05) is 14.2 Å². The summed E-state index contributed by atoms with van der Waals surface area (Å²) in [5.74, 6) is 1.77. The number of nitrogens with one attached hydrogen (secondary N) is 1. The minimum atomic E-state index is -0.0817. The van der Waals surface area contributed by atoms with E-state index in [4.69, 9.17) is 9.47 Å². The van der Waals surface area contributed by atoms with Crippen LogP contribution in [0.25, 0.3) is 10.6 Å². The summed E-state index contributed by atoms with van der Waals surface area (Å²) in [6.07, 6.45) is 4.68. The molecule has 0 radical (unpaired) electrons. The number of hydrogen-bond donors (Lipinski definition) is 1. The van der Waals surface area contributed by atoms with Crippen molar-refractivity contribution in [2.45, 2.75) is 38.6 Å². The molecule has 1 saturated carbocycles. The van der Waals surface area contributed by atoms with Crippen molar-refractivity contribution >= 4 is 17.2 Å². The third-order valence-corrected chi connectivity index (χ3v) is 5.69. The van der Waals surface area contributed by atoms with Gasteiger partial charge in [-0.05, 0) is 37.0 Å². The Morgan fingerprint density at radius 2 is 1.96 bits per heavy atom. The Hall–Kier alpha value is -2.08. The molecule has 0 saturated heterocycles. The average Bonchev–Trinajstić information content (AvgIpc) is 3.13. The minimum Gasteiger partial charge on any atom is -0.493 e. The number of aromatic nitrogens is 1. The zero-order valence-electron chi connectivity index (χ0n) is 14.9. The third kappa shape index (κ3) is 3.95. The highest BCUT2D eigenvalue weighted by Crippen LogP contribution is 2.33. The van der Waals surface area contributed by atoms with Crippen LogP contribution in [0.15, 0.2) is 23.6 Å². The van der Waals surface area contributed by atoms with Crippen LogP contribution < -0.4 is 14.8 Å². The van der Waals surface area contributed by atoms with Crippen LogP contribution in [-0.2, 0) is 0 Å². The topological polar surface area (TPSA) is 60.5 Å². The van der Waals surface area contributed by atoms with Crippen LogP contribution in [0.1, 0.15) is 43.1 Å². The fourth-order valence-electron chi connectivity index (χ4n) is 3.25. The number of carbonyl (C=O) groups excluding carboxylic acids is 1. The minimum absolute atomic E-state index is 0.0817. The molecule has 25 heavy (non-hydrogen) atoms. The maximum atomic E-state index is 12.5. The van der Waals surface area contributed by atoms with Crippen LogP contribution in [0, 0.1) is 5.92 Å². The first kappa shape index (κ1) is 17.7. The zero-order valence-corrected chi connectivity index (χ0v) is 15.7. The smallest absolute Gasteiger partial charge is 0.271 e. The molecule has 2 aromatic rings. The van der Waals surface area contributed by atoms with Gasteiger partial charge in [0.05, 0.1) is 14.2 Å². The number of hydrogen-bond acceptors (Lipinski definition) is 5. The molecule has 1 heterocycles. The van der Waals surface area contributed by atoms with Crippen molar-refractivity contribution in [3.8, 4) is 22.1 Å². The lowest BCUT2D eigenvalue weighted by atomic mass is 9.86. The molecule has 1 aromatic carbocycles. The number of carbonyl (C=O) groups is 1. The van der Waals surface area contributed by atoms with E-state index in [1.807, 2.05) is 23.6 Å². The lowest BCUT2D eigenvalue weighted by molar-refractivity contribution is 0.0906. The van der Waals surface area contributed by atoms with Crippen molar-refractivity contribution in [1.82, 2.24) is 10.3 Å². The summed E-state index contributed by atoms with van der Waals surface area (Å²) in [7, 11) is 3.21. The molecule has 2 atom stereocenters. The number of amides is 1. The molecule has 1 aliphatic carbocycles. The molecule has 0 bridgehead atoms. The van der Waals surface area contributed by atoms with Gasteiger partial charge in [0.1, 0.15) is 10.7 Å².